The minimum absolute atomic E-state index is 0.313. The van der Waals surface area contributed by atoms with Gasteiger partial charge in [-0.05, 0) is 62.4 Å². The number of carboxylic acids is 1. The Kier molecular flexibility index (Phi) is 5.86. The Morgan fingerprint density at radius 2 is 2.10 bits per heavy atom. The first-order valence-corrected chi connectivity index (χ1v) is 7.70. The summed E-state index contributed by atoms with van der Waals surface area (Å²) in [4.78, 5) is 13.2. The Morgan fingerprint density at radius 1 is 1.35 bits per heavy atom. The number of rotatable bonds is 6. The molecule has 0 spiro atoms. The average Bonchev–Trinajstić information content (AvgIpc) is 2.41. The van der Waals surface area contributed by atoms with Crippen molar-refractivity contribution in [2.24, 2.45) is 5.92 Å². The van der Waals surface area contributed by atoms with Gasteiger partial charge in [0.15, 0.2) is 0 Å². The lowest BCUT2D eigenvalue weighted by Crippen LogP contribution is -2.37. The maximum atomic E-state index is 10.8. The molecule has 1 heterocycles. The highest BCUT2D eigenvalue weighted by Gasteiger charge is 2.21. The Labute approximate surface area is 125 Å². The zero-order valence-electron chi connectivity index (χ0n) is 11.7. The molecule has 3 nitrogen and oxygen atoms in total. The molecule has 0 bridgehead atoms. The van der Waals surface area contributed by atoms with Gasteiger partial charge in [-0.25, -0.2) is 0 Å². The van der Waals surface area contributed by atoms with E-state index in [4.69, 9.17) is 16.7 Å². The molecule has 2 rings (SSSR count). The van der Waals surface area contributed by atoms with E-state index in [0.29, 0.717) is 12.3 Å². The number of carboxylic acid groups (broad SMARTS) is 1. The SMILES string of the molecule is O=C(O)CC1CCCN(CCCc2ccc(Cl)cc2)C1. The summed E-state index contributed by atoms with van der Waals surface area (Å²) in [5.41, 5.74) is 1.31. The lowest BCUT2D eigenvalue weighted by molar-refractivity contribution is -0.138. The largest absolute Gasteiger partial charge is 0.481 e. The molecular weight excluding hydrogens is 274 g/mol. The molecule has 1 aliphatic rings. The van der Waals surface area contributed by atoms with Gasteiger partial charge < -0.3 is 10.0 Å². The third kappa shape index (κ3) is 5.14. The van der Waals surface area contributed by atoms with Crippen LogP contribution in [0.1, 0.15) is 31.2 Å². The van der Waals surface area contributed by atoms with Gasteiger partial charge in [0.1, 0.15) is 0 Å². The van der Waals surface area contributed by atoms with Crippen LogP contribution in [-0.2, 0) is 11.2 Å². The van der Waals surface area contributed by atoms with E-state index in [1.165, 1.54) is 5.56 Å². The maximum Gasteiger partial charge on any atom is 0.303 e. The van der Waals surface area contributed by atoms with E-state index < -0.39 is 5.97 Å². The summed E-state index contributed by atoms with van der Waals surface area (Å²) in [6, 6.07) is 8.01. The van der Waals surface area contributed by atoms with Crippen molar-refractivity contribution >= 4 is 17.6 Å². The summed E-state index contributed by atoms with van der Waals surface area (Å²) < 4.78 is 0. The second-order valence-corrected chi connectivity index (χ2v) is 6.07. The Morgan fingerprint density at radius 3 is 2.80 bits per heavy atom. The molecule has 1 aromatic rings. The van der Waals surface area contributed by atoms with Gasteiger partial charge in [0, 0.05) is 18.0 Å². The van der Waals surface area contributed by atoms with E-state index in [2.05, 4.69) is 17.0 Å². The number of benzene rings is 1. The summed E-state index contributed by atoms with van der Waals surface area (Å²) in [5, 5.41) is 9.65. The standard InChI is InChI=1S/C16H22ClNO2/c17-15-7-5-13(6-8-15)3-1-9-18-10-2-4-14(12-18)11-16(19)20/h5-8,14H,1-4,9-12H2,(H,19,20). The number of hydrogen-bond acceptors (Lipinski definition) is 2. The van der Waals surface area contributed by atoms with Crippen LogP contribution < -0.4 is 0 Å². The van der Waals surface area contributed by atoms with Crippen molar-refractivity contribution in [2.75, 3.05) is 19.6 Å². The van der Waals surface area contributed by atoms with Crippen LogP contribution in [0.3, 0.4) is 0 Å². The molecule has 1 atom stereocenters. The highest BCUT2D eigenvalue weighted by atomic mass is 35.5. The fourth-order valence-corrected chi connectivity index (χ4v) is 3.05. The number of likely N-dealkylation sites (tertiary alicyclic amines) is 1. The third-order valence-electron chi connectivity index (χ3n) is 3.92. The van der Waals surface area contributed by atoms with Crippen LogP contribution in [0.4, 0.5) is 0 Å². The first-order valence-electron chi connectivity index (χ1n) is 7.32. The van der Waals surface area contributed by atoms with Crippen LogP contribution >= 0.6 is 11.6 Å². The van der Waals surface area contributed by atoms with Crippen LogP contribution in [0, 0.1) is 5.92 Å². The predicted octanol–water partition coefficient (Wildman–Crippen LogP) is 3.46. The fraction of sp³-hybridized carbons (Fsp3) is 0.562. The van der Waals surface area contributed by atoms with Gasteiger partial charge in [-0.15, -0.1) is 0 Å². The van der Waals surface area contributed by atoms with Gasteiger partial charge in [0.2, 0.25) is 0 Å². The van der Waals surface area contributed by atoms with Crippen molar-refractivity contribution in [2.45, 2.75) is 32.1 Å². The van der Waals surface area contributed by atoms with E-state index >= 15 is 0 Å². The van der Waals surface area contributed by atoms with Crippen molar-refractivity contribution in [3.63, 3.8) is 0 Å². The van der Waals surface area contributed by atoms with Crippen LogP contribution in [0.25, 0.3) is 0 Å². The Balaban J connectivity index is 1.70. The van der Waals surface area contributed by atoms with Gasteiger partial charge in [-0.2, -0.15) is 0 Å². The lowest BCUT2D eigenvalue weighted by Gasteiger charge is -2.32. The number of hydrogen-bond donors (Lipinski definition) is 1. The van der Waals surface area contributed by atoms with Crippen LogP contribution in [-0.4, -0.2) is 35.6 Å². The van der Waals surface area contributed by atoms with Gasteiger partial charge in [0.05, 0.1) is 0 Å². The molecule has 1 aromatic carbocycles. The normalized spacial score (nSPS) is 19.9. The molecule has 1 unspecified atom stereocenters. The minimum Gasteiger partial charge on any atom is -0.481 e. The molecule has 0 saturated carbocycles. The van der Waals surface area contributed by atoms with Gasteiger partial charge in [0.25, 0.3) is 0 Å². The summed E-state index contributed by atoms with van der Waals surface area (Å²) >= 11 is 5.87. The number of piperidine rings is 1. The smallest absolute Gasteiger partial charge is 0.303 e. The topological polar surface area (TPSA) is 40.5 Å². The van der Waals surface area contributed by atoms with Crippen molar-refractivity contribution in [3.05, 3.63) is 34.9 Å². The molecule has 0 aliphatic carbocycles. The molecular formula is C16H22ClNO2. The van der Waals surface area contributed by atoms with Gasteiger partial charge >= 0.3 is 5.97 Å². The van der Waals surface area contributed by atoms with Crippen LogP contribution in [0.15, 0.2) is 24.3 Å². The number of nitrogens with zero attached hydrogens (tertiary/aromatic N) is 1. The minimum atomic E-state index is -0.669. The summed E-state index contributed by atoms with van der Waals surface area (Å²) in [6.45, 7) is 3.10. The fourth-order valence-electron chi connectivity index (χ4n) is 2.93. The van der Waals surface area contributed by atoms with E-state index in [9.17, 15) is 4.79 Å². The molecule has 0 amide bonds. The Hall–Kier alpha value is -1.06. The molecule has 20 heavy (non-hydrogen) atoms. The Bertz CT molecular complexity index is 433. The zero-order valence-corrected chi connectivity index (χ0v) is 12.5. The molecule has 1 N–H and O–H groups in total. The summed E-state index contributed by atoms with van der Waals surface area (Å²) in [6.07, 6.45) is 4.66. The molecule has 0 radical (unpaired) electrons. The molecule has 1 saturated heterocycles. The number of aryl methyl sites for hydroxylation is 1. The zero-order chi connectivity index (χ0) is 14.4. The molecule has 0 aromatic heterocycles. The molecule has 4 heteroatoms. The van der Waals surface area contributed by atoms with Crippen molar-refractivity contribution < 1.29 is 9.90 Å². The third-order valence-corrected chi connectivity index (χ3v) is 4.17. The van der Waals surface area contributed by atoms with E-state index in [-0.39, 0.29) is 0 Å². The first kappa shape index (κ1) is 15.3. The van der Waals surface area contributed by atoms with Crippen molar-refractivity contribution in [1.82, 2.24) is 4.90 Å². The summed E-state index contributed by atoms with van der Waals surface area (Å²) in [5.74, 6) is -0.338. The van der Waals surface area contributed by atoms with Crippen molar-refractivity contribution in [1.29, 1.82) is 0 Å². The number of halogens is 1. The predicted molar refractivity (Wildman–Crippen MR) is 81.2 cm³/mol. The molecule has 1 aliphatic heterocycles. The molecule has 1 fully saturated rings. The van der Waals surface area contributed by atoms with Crippen molar-refractivity contribution in [3.8, 4) is 0 Å². The van der Waals surface area contributed by atoms with E-state index in [0.717, 1.165) is 50.3 Å². The van der Waals surface area contributed by atoms with Crippen LogP contribution in [0.5, 0.6) is 0 Å². The monoisotopic (exact) mass is 295 g/mol. The second-order valence-electron chi connectivity index (χ2n) is 5.64. The highest BCUT2D eigenvalue weighted by Crippen LogP contribution is 2.20. The van der Waals surface area contributed by atoms with Gasteiger partial charge in [-0.1, -0.05) is 23.7 Å². The maximum absolute atomic E-state index is 10.8. The average molecular weight is 296 g/mol. The first-order chi connectivity index (χ1) is 9.63. The highest BCUT2D eigenvalue weighted by molar-refractivity contribution is 6.30. The van der Waals surface area contributed by atoms with E-state index in [1.54, 1.807) is 0 Å². The van der Waals surface area contributed by atoms with Gasteiger partial charge in [-0.3, -0.25) is 4.79 Å². The number of carbonyl (C=O) groups is 1. The summed E-state index contributed by atoms with van der Waals surface area (Å²) in [7, 11) is 0. The van der Waals surface area contributed by atoms with Crippen LogP contribution in [0.2, 0.25) is 5.02 Å². The second kappa shape index (κ2) is 7.65. The lowest BCUT2D eigenvalue weighted by atomic mass is 9.94. The number of aliphatic carboxylic acids is 1. The van der Waals surface area contributed by atoms with E-state index in [1.807, 2.05) is 12.1 Å². The quantitative estimate of drug-likeness (QED) is 0.874. The molecule has 110 valence electrons.